The van der Waals surface area contributed by atoms with Crippen molar-refractivity contribution >= 4 is 43.1 Å². The molecule has 0 unspecified atom stereocenters. The molecule has 0 aliphatic heterocycles. The minimum Gasteiger partial charge on any atom is -0.0620 e. The first kappa shape index (κ1) is 27.3. The molecule has 0 amide bonds. The molecule has 0 saturated carbocycles. The summed E-state index contributed by atoms with van der Waals surface area (Å²) >= 11 is 0. The van der Waals surface area contributed by atoms with Gasteiger partial charge < -0.3 is 0 Å². The van der Waals surface area contributed by atoms with Crippen molar-refractivity contribution in [2.24, 2.45) is 0 Å². The predicted molar refractivity (Wildman–Crippen MR) is 203 cm³/mol. The second-order valence-electron chi connectivity index (χ2n) is 12.5. The Labute approximate surface area is 275 Å². The Bertz CT molecular complexity index is 2560. The van der Waals surface area contributed by atoms with E-state index in [9.17, 15) is 0 Å². The van der Waals surface area contributed by atoms with Gasteiger partial charge in [-0.05, 0) is 118 Å². The number of hydrogen-bond acceptors (Lipinski definition) is 0. The Morgan fingerprint density at radius 2 is 0.723 bits per heavy atom. The van der Waals surface area contributed by atoms with Crippen molar-refractivity contribution < 1.29 is 0 Å². The number of rotatable bonds is 4. The molecule has 0 aliphatic rings. The number of benzene rings is 9. The summed E-state index contributed by atoms with van der Waals surface area (Å²) in [6.07, 6.45) is 0. The Hall–Kier alpha value is -5.98. The largest absolute Gasteiger partial charge is 0.0620 e. The van der Waals surface area contributed by atoms with Gasteiger partial charge >= 0.3 is 0 Å². The second-order valence-corrected chi connectivity index (χ2v) is 12.5. The van der Waals surface area contributed by atoms with Gasteiger partial charge in [0.2, 0.25) is 0 Å². The average Bonchev–Trinajstić information content (AvgIpc) is 3.14. The molecule has 0 saturated heterocycles. The van der Waals surface area contributed by atoms with E-state index >= 15 is 0 Å². The number of hydrogen-bond donors (Lipinski definition) is 0. The van der Waals surface area contributed by atoms with E-state index in [1.54, 1.807) is 0 Å². The fourth-order valence-corrected chi connectivity index (χ4v) is 7.47. The highest BCUT2D eigenvalue weighted by Gasteiger charge is 2.19. The number of aryl methyl sites for hydroxylation is 1. The van der Waals surface area contributed by atoms with Gasteiger partial charge in [0.15, 0.2) is 0 Å². The molecule has 0 atom stereocenters. The third-order valence-corrected chi connectivity index (χ3v) is 9.78. The van der Waals surface area contributed by atoms with Crippen LogP contribution < -0.4 is 0 Å². The van der Waals surface area contributed by atoms with E-state index < -0.39 is 0 Å². The fraction of sp³-hybridized carbons (Fsp3) is 0.0213. The van der Waals surface area contributed by atoms with Gasteiger partial charge in [0, 0.05) is 0 Å². The van der Waals surface area contributed by atoms with Gasteiger partial charge in [-0.15, -0.1) is 0 Å². The first-order valence-corrected chi connectivity index (χ1v) is 16.4. The molecule has 9 aromatic rings. The minimum atomic E-state index is 1.21. The van der Waals surface area contributed by atoms with Crippen LogP contribution in [0.15, 0.2) is 176 Å². The van der Waals surface area contributed by atoms with E-state index in [1.165, 1.54) is 93.2 Å². The Morgan fingerprint density at radius 1 is 0.277 bits per heavy atom. The van der Waals surface area contributed by atoms with Gasteiger partial charge in [0.05, 0.1) is 0 Å². The van der Waals surface area contributed by atoms with Crippen LogP contribution in [0.2, 0.25) is 0 Å². The van der Waals surface area contributed by atoms with Crippen LogP contribution >= 0.6 is 0 Å². The Balaban J connectivity index is 1.27. The van der Waals surface area contributed by atoms with Gasteiger partial charge in [0.25, 0.3) is 0 Å². The molecule has 0 aromatic heterocycles. The van der Waals surface area contributed by atoms with Gasteiger partial charge in [-0.25, -0.2) is 0 Å². The van der Waals surface area contributed by atoms with Crippen LogP contribution in [0.1, 0.15) is 5.56 Å². The highest BCUT2D eigenvalue weighted by Crippen LogP contribution is 2.46. The third-order valence-electron chi connectivity index (χ3n) is 9.78. The lowest BCUT2D eigenvalue weighted by Crippen LogP contribution is -1.93. The van der Waals surface area contributed by atoms with Crippen LogP contribution in [0.25, 0.3) is 87.6 Å². The smallest absolute Gasteiger partial charge is 0.00199 e. The molecule has 0 spiro atoms. The van der Waals surface area contributed by atoms with Crippen molar-refractivity contribution in [2.45, 2.75) is 6.92 Å². The summed E-state index contributed by atoms with van der Waals surface area (Å²) in [6, 6.07) is 64.6. The molecule has 0 radical (unpaired) electrons. The maximum absolute atomic E-state index is 2.41. The molecule has 47 heavy (non-hydrogen) atoms. The molecule has 0 fully saturated rings. The van der Waals surface area contributed by atoms with Crippen molar-refractivity contribution in [2.75, 3.05) is 0 Å². The van der Waals surface area contributed by atoms with E-state index in [1.807, 2.05) is 0 Å². The van der Waals surface area contributed by atoms with Crippen molar-refractivity contribution in [3.8, 4) is 44.5 Å². The zero-order valence-corrected chi connectivity index (χ0v) is 26.2. The molecule has 9 rings (SSSR count). The van der Waals surface area contributed by atoms with E-state index in [-0.39, 0.29) is 0 Å². The van der Waals surface area contributed by atoms with Crippen LogP contribution in [0.3, 0.4) is 0 Å². The molecule has 0 aliphatic carbocycles. The maximum Gasteiger partial charge on any atom is -0.00199 e. The Kier molecular flexibility index (Phi) is 6.47. The Morgan fingerprint density at radius 3 is 1.36 bits per heavy atom. The van der Waals surface area contributed by atoms with E-state index in [0.29, 0.717) is 0 Å². The zero-order valence-electron chi connectivity index (χ0n) is 26.2. The summed E-state index contributed by atoms with van der Waals surface area (Å²) in [5, 5.41) is 10.2. The molecule has 9 aromatic carbocycles. The molecular formula is C47H32. The molecule has 0 nitrogen and oxygen atoms in total. The minimum absolute atomic E-state index is 1.21. The topological polar surface area (TPSA) is 0 Å². The lowest BCUT2D eigenvalue weighted by molar-refractivity contribution is 1.47. The lowest BCUT2D eigenvalue weighted by Gasteiger charge is -2.20. The highest BCUT2D eigenvalue weighted by molar-refractivity contribution is 6.24. The SMILES string of the molecule is Cc1ccccc1-c1c2ccccc2c(-c2cc(-c3ccc(-c4ccc5ccccc5c4)cc3)cc3ccccc23)c2ccccc12. The quantitative estimate of drug-likeness (QED) is 0.177. The van der Waals surface area contributed by atoms with Crippen molar-refractivity contribution in [1.29, 1.82) is 0 Å². The molecule has 0 heterocycles. The van der Waals surface area contributed by atoms with Crippen LogP contribution in [0, 0.1) is 6.92 Å². The fourth-order valence-electron chi connectivity index (χ4n) is 7.47. The van der Waals surface area contributed by atoms with Crippen molar-refractivity contribution in [1.82, 2.24) is 0 Å². The zero-order chi connectivity index (χ0) is 31.3. The monoisotopic (exact) mass is 596 g/mol. The molecule has 0 N–H and O–H groups in total. The molecule has 0 heteroatoms. The van der Waals surface area contributed by atoms with Crippen LogP contribution in [-0.2, 0) is 0 Å². The average molecular weight is 597 g/mol. The summed E-state index contributed by atoms with van der Waals surface area (Å²) in [5.41, 5.74) is 11.3. The predicted octanol–water partition coefficient (Wildman–Crippen LogP) is 13.3. The lowest BCUT2D eigenvalue weighted by atomic mass is 9.83. The molecule has 0 bridgehead atoms. The number of fused-ring (bicyclic) bond motifs is 4. The normalized spacial score (nSPS) is 11.5. The van der Waals surface area contributed by atoms with Crippen molar-refractivity contribution in [3.05, 3.63) is 181 Å². The first-order chi connectivity index (χ1) is 23.2. The maximum atomic E-state index is 2.41. The molecular weight excluding hydrogens is 565 g/mol. The standard InChI is InChI=1S/C47H32/c1-31-12-2-6-16-39(31)46-41-18-8-10-20-43(41)47(44-21-11-9-19-42(44)46)45-30-38(29-37-15-5-7-17-40(37)45)34-24-22-33(23-25-34)36-27-26-32-13-3-4-14-35(32)28-36/h2-30H,1H3. The van der Waals surface area contributed by atoms with E-state index in [0.717, 1.165) is 0 Å². The summed E-state index contributed by atoms with van der Waals surface area (Å²) < 4.78 is 0. The summed E-state index contributed by atoms with van der Waals surface area (Å²) in [7, 11) is 0. The van der Waals surface area contributed by atoms with Gasteiger partial charge in [-0.1, -0.05) is 158 Å². The van der Waals surface area contributed by atoms with Gasteiger partial charge in [-0.3, -0.25) is 0 Å². The van der Waals surface area contributed by atoms with Gasteiger partial charge in [0.1, 0.15) is 0 Å². The summed E-state index contributed by atoms with van der Waals surface area (Å²) in [4.78, 5) is 0. The van der Waals surface area contributed by atoms with Crippen LogP contribution in [0.5, 0.6) is 0 Å². The van der Waals surface area contributed by atoms with Crippen LogP contribution in [-0.4, -0.2) is 0 Å². The van der Waals surface area contributed by atoms with Crippen molar-refractivity contribution in [3.63, 3.8) is 0 Å². The van der Waals surface area contributed by atoms with E-state index in [4.69, 9.17) is 0 Å². The summed E-state index contributed by atoms with van der Waals surface area (Å²) in [6.45, 7) is 2.22. The third kappa shape index (κ3) is 4.61. The second kappa shape index (κ2) is 11.1. The molecule has 220 valence electrons. The van der Waals surface area contributed by atoms with Gasteiger partial charge in [-0.2, -0.15) is 0 Å². The van der Waals surface area contributed by atoms with Crippen LogP contribution in [0.4, 0.5) is 0 Å². The highest BCUT2D eigenvalue weighted by atomic mass is 14.2. The summed E-state index contributed by atoms with van der Waals surface area (Å²) in [5.74, 6) is 0. The van der Waals surface area contributed by atoms with E-state index in [2.05, 4.69) is 183 Å². The first-order valence-electron chi connectivity index (χ1n) is 16.4.